The van der Waals surface area contributed by atoms with Crippen LogP contribution < -0.4 is 14.8 Å². The molecular formula is C25H31N3O5S. The standard InChI is InChI=1S/C25H31N3O5S/c1-18(25(29)26-12-10-20-16-21(32-2)6-9-24(20)33-3)28-15-11-19-17-22(7-8-23(19)28)34(30,31)27-13-4-5-14-27/h6-9,11,15-18H,4-5,10,12-14H2,1-3H3,(H,26,29). The molecule has 1 fully saturated rings. The number of fused-ring (bicyclic) bond motifs is 1. The van der Waals surface area contributed by atoms with Crippen molar-refractivity contribution >= 4 is 26.8 Å². The second-order valence-electron chi connectivity index (χ2n) is 8.45. The highest BCUT2D eigenvalue weighted by molar-refractivity contribution is 7.89. The first kappa shape index (κ1) is 24.1. The Balaban J connectivity index is 1.44. The molecule has 9 heteroatoms. The maximum atomic E-state index is 12.9. The minimum atomic E-state index is -3.48. The molecule has 2 heterocycles. The quantitative estimate of drug-likeness (QED) is 0.502. The van der Waals surface area contributed by atoms with Gasteiger partial charge in [-0.15, -0.1) is 0 Å². The number of nitrogens with zero attached hydrogens (tertiary/aromatic N) is 2. The lowest BCUT2D eigenvalue weighted by Crippen LogP contribution is -2.32. The number of nitrogens with one attached hydrogen (secondary N) is 1. The molecular weight excluding hydrogens is 454 g/mol. The van der Waals surface area contributed by atoms with Gasteiger partial charge in [-0.3, -0.25) is 4.79 Å². The summed E-state index contributed by atoms with van der Waals surface area (Å²) in [5.41, 5.74) is 1.77. The number of rotatable bonds is 9. The zero-order chi connectivity index (χ0) is 24.3. The number of sulfonamides is 1. The lowest BCUT2D eigenvalue weighted by atomic mass is 10.1. The van der Waals surface area contributed by atoms with E-state index in [4.69, 9.17) is 9.47 Å². The first-order valence-electron chi connectivity index (χ1n) is 11.4. The van der Waals surface area contributed by atoms with E-state index in [9.17, 15) is 13.2 Å². The van der Waals surface area contributed by atoms with Crippen molar-refractivity contribution in [1.82, 2.24) is 14.2 Å². The summed E-state index contributed by atoms with van der Waals surface area (Å²) in [5.74, 6) is 1.37. The number of aromatic nitrogens is 1. The van der Waals surface area contributed by atoms with Crippen molar-refractivity contribution in [3.63, 3.8) is 0 Å². The molecule has 182 valence electrons. The second-order valence-corrected chi connectivity index (χ2v) is 10.4. The average molecular weight is 486 g/mol. The average Bonchev–Trinajstić information content (AvgIpc) is 3.53. The Morgan fingerprint density at radius 2 is 1.82 bits per heavy atom. The van der Waals surface area contributed by atoms with E-state index in [2.05, 4.69) is 5.32 Å². The van der Waals surface area contributed by atoms with E-state index < -0.39 is 16.1 Å². The third-order valence-corrected chi connectivity index (χ3v) is 8.27. The van der Waals surface area contributed by atoms with Crippen molar-refractivity contribution in [3.8, 4) is 11.5 Å². The second kappa shape index (κ2) is 10.1. The normalized spacial score (nSPS) is 15.4. The fraction of sp³-hybridized carbons (Fsp3) is 0.400. The van der Waals surface area contributed by atoms with E-state index in [1.807, 2.05) is 42.0 Å². The molecule has 0 radical (unpaired) electrons. The van der Waals surface area contributed by atoms with Gasteiger partial charge in [0.05, 0.1) is 19.1 Å². The first-order chi connectivity index (χ1) is 16.3. The fourth-order valence-corrected chi connectivity index (χ4v) is 5.94. The van der Waals surface area contributed by atoms with Crippen LogP contribution in [0, 0.1) is 0 Å². The van der Waals surface area contributed by atoms with Gasteiger partial charge in [-0.25, -0.2) is 8.42 Å². The number of carbonyl (C=O) groups excluding carboxylic acids is 1. The van der Waals surface area contributed by atoms with Crippen molar-refractivity contribution in [2.24, 2.45) is 0 Å². The van der Waals surface area contributed by atoms with E-state index in [1.54, 1.807) is 36.7 Å². The highest BCUT2D eigenvalue weighted by Crippen LogP contribution is 2.27. The Labute approximate surface area is 200 Å². The molecule has 2 aromatic carbocycles. The minimum absolute atomic E-state index is 0.117. The molecule has 4 rings (SSSR count). The van der Waals surface area contributed by atoms with Crippen LogP contribution in [0.25, 0.3) is 10.9 Å². The van der Waals surface area contributed by atoms with E-state index in [-0.39, 0.29) is 5.91 Å². The number of amides is 1. The van der Waals surface area contributed by atoms with Gasteiger partial charge < -0.3 is 19.4 Å². The van der Waals surface area contributed by atoms with Crippen molar-refractivity contribution in [1.29, 1.82) is 0 Å². The summed E-state index contributed by atoms with van der Waals surface area (Å²) in [6.45, 7) is 3.42. The molecule has 0 bridgehead atoms. The van der Waals surface area contributed by atoms with Gasteiger partial charge in [0.1, 0.15) is 17.5 Å². The van der Waals surface area contributed by atoms with Crippen LogP contribution in [0.5, 0.6) is 11.5 Å². The van der Waals surface area contributed by atoms with E-state index >= 15 is 0 Å². The maximum absolute atomic E-state index is 12.9. The Hall–Kier alpha value is -3.04. The molecule has 1 aliphatic heterocycles. The van der Waals surface area contributed by atoms with Crippen molar-refractivity contribution in [2.45, 2.75) is 37.1 Å². The van der Waals surface area contributed by atoms with Crippen molar-refractivity contribution in [2.75, 3.05) is 33.9 Å². The highest BCUT2D eigenvalue weighted by atomic mass is 32.2. The lowest BCUT2D eigenvalue weighted by molar-refractivity contribution is -0.123. The summed E-state index contributed by atoms with van der Waals surface area (Å²) < 4.78 is 39.9. The van der Waals surface area contributed by atoms with Crippen LogP contribution in [0.3, 0.4) is 0 Å². The SMILES string of the molecule is COc1ccc(OC)c(CCNC(=O)C(C)n2ccc3cc(S(=O)(=O)N4CCCC4)ccc32)c1. The third kappa shape index (κ3) is 4.76. The largest absolute Gasteiger partial charge is 0.497 e. The molecule has 1 aromatic heterocycles. The van der Waals surface area contributed by atoms with Gasteiger partial charge in [0.25, 0.3) is 0 Å². The van der Waals surface area contributed by atoms with Gasteiger partial charge in [0.15, 0.2) is 0 Å². The van der Waals surface area contributed by atoms with Crippen LogP contribution in [0.1, 0.15) is 31.4 Å². The molecule has 34 heavy (non-hydrogen) atoms. The number of methoxy groups -OCH3 is 2. The molecule has 8 nitrogen and oxygen atoms in total. The zero-order valence-corrected chi connectivity index (χ0v) is 20.6. The Morgan fingerprint density at radius 3 is 2.53 bits per heavy atom. The summed E-state index contributed by atoms with van der Waals surface area (Å²) >= 11 is 0. The summed E-state index contributed by atoms with van der Waals surface area (Å²) in [6.07, 6.45) is 4.22. The van der Waals surface area contributed by atoms with E-state index in [0.717, 1.165) is 40.8 Å². The van der Waals surface area contributed by atoms with Gasteiger partial charge in [-0.05, 0) is 74.2 Å². The first-order valence-corrected chi connectivity index (χ1v) is 12.9. The molecule has 1 aliphatic rings. The van der Waals surface area contributed by atoms with Gasteiger partial charge in [0, 0.05) is 36.7 Å². The summed E-state index contributed by atoms with van der Waals surface area (Å²) in [6, 6.07) is 12.1. The van der Waals surface area contributed by atoms with Crippen LogP contribution >= 0.6 is 0 Å². The molecule has 0 aliphatic carbocycles. The van der Waals surface area contributed by atoms with Crippen LogP contribution in [0.15, 0.2) is 53.6 Å². The molecule has 0 spiro atoms. The summed E-state index contributed by atoms with van der Waals surface area (Å²) in [7, 11) is -0.253. The maximum Gasteiger partial charge on any atom is 0.243 e. The van der Waals surface area contributed by atoms with Gasteiger partial charge in [-0.1, -0.05) is 0 Å². The Kier molecular flexibility index (Phi) is 7.13. The zero-order valence-electron chi connectivity index (χ0n) is 19.8. The molecule has 1 amide bonds. The molecule has 1 N–H and O–H groups in total. The fourth-order valence-electron chi connectivity index (χ4n) is 4.39. The van der Waals surface area contributed by atoms with Crippen molar-refractivity contribution in [3.05, 3.63) is 54.2 Å². The number of ether oxygens (including phenoxy) is 2. The predicted molar refractivity (Wildman–Crippen MR) is 131 cm³/mol. The van der Waals surface area contributed by atoms with Crippen LogP contribution in [0.4, 0.5) is 0 Å². The molecule has 3 aromatic rings. The molecule has 1 atom stereocenters. The Morgan fingerprint density at radius 1 is 1.06 bits per heavy atom. The van der Waals surface area contributed by atoms with Gasteiger partial charge in [0.2, 0.25) is 15.9 Å². The number of benzene rings is 2. The summed E-state index contributed by atoms with van der Waals surface area (Å²) in [4.78, 5) is 13.2. The number of hydrogen-bond donors (Lipinski definition) is 1. The molecule has 0 saturated carbocycles. The predicted octanol–water partition coefficient (Wildman–Crippen LogP) is 3.36. The van der Waals surface area contributed by atoms with E-state index in [0.29, 0.717) is 31.0 Å². The van der Waals surface area contributed by atoms with Gasteiger partial charge >= 0.3 is 0 Å². The number of carbonyl (C=O) groups is 1. The smallest absolute Gasteiger partial charge is 0.243 e. The van der Waals surface area contributed by atoms with Crippen LogP contribution in [0.2, 0.25) is 0 Å². The Bertz CT molecular complexity index is 1280. The molecule has 1 saturated heterocycles. The van der Waals surface area contributed by atoms with Crippen LogP contribution in [-0.2, 0) is 21.2 Å². The van der Waals surface area contributed by atoms with E-state index in [1.165, 1.54) is 0 Å². The highest BCUT2D eigenvalue weighted by Gasteiger charge is 2.27. The molecule has 1 unspecified atom stereocenters. The number of hydrogen-bond acceptors (Lipinski definition) is 5. The van der Waals surface area contributed by atoms with Crippen LogP contribution in [-0.4, -0.2) is 57.1 Å². The minimum Gasteiger partial charge on any atom is -0.497 e. The third-order valence-electron chi connectivity index (χ3n) is 6.37. The van der Waals surface area contributed by atoms with Gasteiger partial charge in [-0.2, -0.15) is 4.31 Å². The van der Waals surface area contributed by atoms with Crippen molar-refractivity contribution < 1.29 is 22.7 Å². The monoisotopic (exact) mass is 485 g/mol. The topological polar surface area (TPSA) is 89.9 Å². The lowest BCUT2D eigenvalue weighted by Gasteiger charge is -2.17. The summed E-state index contributed by atoms with van der Waals surface area (Å²) in [5, 5.41) is 3.78.